The van der Waals surface area contributed by atoms with Crippen LogP contribution < -0.4 is 14.8 Å². The number of ether oxygens (including phenoxy) is 2. The van der Waals surface area contributed by atoms with Crippen LogP contribution in [0, 0.1) is 0 Å². The molecule has 1 fully saturated rings. The maximum atomic E-state index is 5.54. The van der Waals surface area contributed by atoms with Gasteiger partial charge in [0.2, 0.25) is 11.9 Å². The lowest BCUT2D eigenvalue weighted by Gasteiger charge is -2.17. The first kappa shape index (κ1) is 16.6. The normalized spacial score (nSPS) is 17.5. The van der Waals surface area contributed by atoms with Gasteiger partial charge >= 0.3 is 0 Å². The monoisotopic (exact) mass is 379 g/mol. The van der Waals surface area contributed by atoms with Gasteiger partial charge in [-0.3, -0.25) is 0 Å². The molecule has 2 aromatic carbocycles. The topological polar surface area (TPSA) is 56.3 Å². The Morgan fingerprint density at radius 2 is 1.89 bits per heavy atom. The Morgan fingerprint density at radius 1 is 1.07 bits per heavy atom. The number of hydrogen-bond acceptors (Lipinski definition) is 6. The lowest BCUT2D eigenvalue weighted by Crippen LogP contribution is -2.18. The van der Waals surface area contributed by atoms with Crippen LogP contribution >= 0.6 is 11.3 Å². The standard InChI is InChI=1S/C21H21N3O2S/c1-2-16(14-6-4-3-5-7-14)19-23-24-20(27-19)22-21(10-11-21)15-8-9-17-18(12-15)26-13-25-17/h3-9,12,16H,2,10-11,13H2,1H3,(H,22,24). The van der Waals surface area contributed by atoms with Crippen molar-refractivity contribution >= 4 is 16.5 Å². The summed E-state index contributed by atoms with van der Waals surface area (Å²) in [5.74, 6) is 1.94. The quantitative estimate of drug-likeness (QED) is 0.659. The van der Waals surface area contributed by atoms with Gasteiger partial charge in [0.1, 0.15) is 5.01 Å². The third-order valence-corrected chi connectivity index (χ3v) is 6.32. The SMILES string of the molecule is CCC(c1ccccc1)c1nnc(NC2(c3ccc4c(c3)OCO4)CC2)s1. The number of hydrogen-bond donors (Lipinski definition) is 1. The lowest BCUT2D eigenvalue weighted by molar-refractivity contribution is 0.174. The third-order valence-electron chi connectivity index (χ3n) is 5.37. The average Bonchev–Trinajstić information content (AvgIpc) is 3.11. The van der Waals surface area contributed by atoms with Crippen LogP contribution in [-0.4, -0.2) is 17.0 Å². The summed E-state index contributed by atoms with van der Waals surface area (Å²) < 4.78 is 11.0. The number of aromatic nitrogens is 2. The maximum Gasteiger partial charge on any atom is 0.231 e. The first-order valence-electron chi connectivity index (χ1n) is 9.34. The summed E-state index contributed by atoms with van der Waals surface area (Å²) in [4.78, 5) is 0. The average molecular weight is 379 g/mol. The Morgan fingerprint density at radius 3 is 2.67 bits per heavy atom. The largest absolute Gasteiger partial charge is 0.454 e. The molecule has 2 heterocycles. The van der Waals surface area contributed by atoms with E-state index in [0.29, 0.717) is 12.7 Å². The summed E-state index contributed by atoms with van der Waals surface area (Å²) in [6.45, 7) is 2.50. The second-order valence-electron chi connectivity index (χ2n) is 7.09. The fraction of sp³-hybridized carbons (Fsp3) is 0.333. The van der Waals surface area contributed by atoms with E-state index in [1.54, 1.807) is 11.3 Å². The molecule has 0 bridgehead atoms. The zero-order valence-electron chi connectivity index (χ0n) is 15.1. The zero-order valence-corrected chi connectivity index (χ0v) is 16.0. The van der Waals surface area contributed by atoms with Gasteiger partial charge in [0.15, 0.2) is 11.5 Å². The number of nitrogens with zero attached hydrogens (tertiary/aromatic N) is 2. The van der Waals surface area contributed by atoms with E-state index in [1.807, 2.05) is 12.1 Å². The number of benzene rings is 2. The summed E-state index contributed by atoms with van der Waals surface area (Å²) in [6, 6.07) is 16.7. The fourth-order valence-electron chi connectivity index (χ4n) is 3.67. The summed E-state index contributed by atoms with van der Waals surface area (Å²) in [5, 5.41) is 14.5. The molecule has 3 aromatic rings. The molecule has 0 saturated heterocycles. The van der Waals surface area contributed by atoms with Crippen LogP contribution in [0.15, 0.2) is 48.5 Å². The van der Waals surface area contributed by atoms with Crippen molar-refractivity contribution in [2.45, 2.75) is 37.6 Å². The van der Waals surface area contributed by atoms with Gasteiger partial charge in [-0.2, -0.15) is 0 Å². The van der Waals surface area contributed by atoms with Gasteiger partial charge in [0.25, 0.3) is 0 Å². The van der Waals surface area contributed by atoms with Crippen LogP contribution in [0.3, 0.4) is 0 Å². The molecule has 5 rings (SSSR count). The molecule has 2 aliphatic rings. The third kappa shape index (κ3) is 3.04. The molecule has 0 spiro atoms. The first-order chi connectivity index (χ1) is 13.3. The van der Waals surface area contributed by atoms with Gasteiger partial charge in [-0.1, -0.05) is 54.7 Å². The first-order valence-corrected chi connectivity index (χ1v) is 10.2. The summed E-state index contributed by atoms with van der Waals surface area (Å²) in [7, 11) is 0. The molecule has 1 aliphatic heterocycles. The van der Waals surface area contributed by atoms with E-state index in [1.165, 1.54) is 11.1 Å². The molecule has 138 valence electrons. The van der Waals surface area contributed by atoms with Crippen molar-refractivity contribution in [2.24, 2.45) is 0 Å². The number of anilines is 1. The van der Waals surface area contributed by atoms with Gasteiger partial charge in [-0.15, -0.1) is 10.2 Å². The summed E-state index contributed by atoms with van der Waals surface area (Å²) >= 11 is 1.66. The fourth-order valence-corrected chi connectivity index (χ4v) is 4.73. The molecule has 27 heavy (non-hydrogen) atoms. The van der Waals surface area contributed by atoms with Crippen molar-refractivity contribution in [2.75, 3.05) is 12.1 Å². The van der Waals surface area contributed by atoms with E-state index in [-0.39, 0.29) is 5.54 Å². The van der Waals surface area contributed by atoms with Crippen molar-refractivity contribution in [3.05, 3.63) is 64.7 Å². The van der Waals surface area contributed by atoms with Crippen molar-refractivity contribution in [1.29, 1.82) is 0 Å². The van der Waals surface area contributed by atoms with E-state index in [2.05, 4.69) is 58.8 Å². The molecule has 1 saturated carbocycles. The van der Waals surface area contributed by atoms with E-state index in [0.717, 1.165) is 40.9 Å². The second kappa shape index (κ2) is 6.53. The Hall–Kier alpha value is -2.60. The molecule has 6 heteroatoms. The predicted molar refractivity (Wildman–Crippen MR) is 106 cm³/mol. The molecule has 1 N–H and O–H groups in total. The number of nitrogens with one attached hydrogen (secondary N) is 1. The predicted octanol–water partition coefficient (Wildman–Crippen LogP) is 4.91. The van der Waals surface area contributed by atoms with Gasteiger partial charge in [-0.05, 0) is 42.5 Å². The van der Waals surface area contributed by atoms with E-state index in [9.17, 15) is 0 Å². The highest BCUT2D eigenvalue weighted by Gasteiger charge is 2.45. The molecule has 5 nitrogen and oxygen atoms in total. The molecule has 0 amide bonds. The molecular weight excluding hydrogens is 358 g/mol. The summed E-state index contributed by atoms with van der Waals surface area (Å²) in [5.41, 5.74) is 2.45. The van der Waals surface area contributed by atoms with Gasteiger partial charge in [0.05, 0.1) is 5.54 Å². The van der Waals surface area contributed by atoms with E-state index >= 15 is 0 Å². The van der Waals surface area contributed by atoms with Crippen LogP contribution in [0.2, 0.25) is 0 Å². The zero-order chi connectivity index (χ0) is 18.3. The van der Waals surface area contributed by atoms with Crippen molar-refractivity contribution in [3.63, 3.8) is 0 Å². The minimum Gasteiger partial charge on any atom is -0.454 e. The Labute approximate surface area is 162 Å². The minimum absolute atomic E-state index is 0.0633. The highest BCUT2D eigenvalue weighted by Crippen LogP contribution is 2.51. The smallest absolute Gasteiger partial charge is 0.231 e. The molecule has 1 unspecified atom stereocenters. The number of fused-ring (bicyclic) bond motifs is 1. The molecule has 1 atom stereocenters. The Balaban J connectivity index is 1.37. The maximum absolute atomic E-state index is 5.54. The second-order valence-corrected chi connectivity index (χ2v) is 8.10. The van der Waals surface area contributed by atoms with Crippen LogP contribution in [0.4, 0.5) is 5.13 Å². The minimum atomic E-state index is -0.0633. The highest BCUT2D eigenvalue weighted by atomic mass is 32.1. The Bertz CT molecular complexity index is 953. The van der Waals surface area contributed by atoms with Crippen LogP contribution in [0.1, 0.15) is 48.2 Å². The van der Waals surface area contributed by atoms with Crippen LogP contribution in [0.25, 0.3) is 0 Å². The van der Waals surface area contributed by atoms with Gasteiger partial charge in [0, 0.05) is 5.92 Å². The van der Waals surface area contributed by atoms with Crippen molar-refractivity contribution in [3.8, 4) is 11.5 Å². The Kier molecular flexibility index (Phi) is 4.01. The van der Waals surface area contributed by atoms with Crippen LogP contribution in [-0.2, 0) is 5.54 Å². The van der Waals surface area contributed by atoms with E-state index in [4.69, 9.17) is 9.47 Å². The molecule has 1 aromatic heterocycles. The molecule has 0 radical (unpaired) electrons. The van der Waals surface area contributed by atoms with E-state index < -0.39 is 0 Å². The highest BCUT2D eigenvalue weighted by molar-refractivity contribution is 7.15. The van der Waals surface area contributed by atoms with Crippen molar-refractivity contribution in [1.82, 2.24) is 10.2 Å². The molecular formula is C21H21N3O2S. The lowest BCUT2D eigenvalue weighted by atomic mass is 9.97. The molecule has 1 aliphatic carbocycles. The van der Waals surface area contributed by atoms with Gasteiger partial charge in [-0.25, -0.2) is 0 Å². The number of rotatable bonds is 6. The van der Waals surface area contributed by atoms with Crippen molar-refractivity contribution < 1.29 is 9.47 Å². The van der Waals surface area contributed by atoms with Crippen LogP contribution in [0.5, 0.6) is 11.5 Å². The summed E-state index contributed by atoms with van der Waals surface area (Å²) in [6.07, 6.45) is 3.17. The van der Waals surface area contributed by atoms with Gasteiger partial charge < -0.3 is 14.8 Å².